The van der Waals surface area contributed by atoms with Crippen molar-refractivity contribution in [2.75, 3.05) is 11.4 Å². The standard InChI is InChI=1S/C25H21N3.C14H14N.Ir/c1-2-3-14-26-15-16-27(17-26)23-13-7-11-21-20-10-6-9-19-18-8-4-5-12-22(18)28(24(19)20)25(21)23;1-10-4-6-13(7-5-10)14-8-11(2)12(3)9-15-14;/h4-12,15-17H,2-3,14H2,1H3;4-6,8-9H,1-3H3;/q-2;-1;+3. The van der Waals surface area contributed by atoms with Gasteiger partial charge in [0, 0.05) is 28.0 Å². The van der Waals surface area contributed by atoms with Crippen molar-refractivity contribution in [1.82, 2.24) is 14.3 Å². The van der Waals surface area contributed by atoms with Crippen LogP contribution in [0.3, 0.4) is 0 Å². The Hall–Kier alpha value is -4.18. The number of unbranched alkanes of at least 4 members (excludes halogenated alkanes) is 1. The summed E-state index contributed by atoms with van der Waals surface area (Å²) in [6, 6.07) is 34.6. The second-order valence-electron chi connectivity index (χ2n) is 11.5. The van der Waals surface area contributed by atoms with E-state index in [0.717, 1.165) is 23.5 Å². The third-order valence-corrected chi connectivity index (χ3v) is 8.49. The molecular formula is C39H35IrN4. The van der Waals surface area contributed by atoms with Crippen molar-refractivity contribution < 1.29 is 20.1 Å². The number of benzene rings is 4. The van der Waals surface area contributed by atoms with Crippen LogP contribution in [-0.4, -0.2) is 20.8 Å². The molecule has 4 aromatic carbocycles. The summed E-state index contributed by atoms with van der Waals surface area (Å²) < 4.78 is 2.43. The normalized spacial score (nSPS) is 12.8. The third kappa shape index (κ3) is 5.25. The molecular weight excluding hydrogens is 717 g/mol. The Bertz CT molecular complexity index is 2090. The number of fused-ring (bicyclic) bond motifs is 6. The minimum Gasteiger partial charge on any atom is -0.508 e. The van der Waals surface area contributed by atoms with Gasteiger partial charge in [0.15, 0.2) is 0 Å². The quantitative estimate of drug-likeness (QED) is 0.164. The van der Waals surface area contributed by atoms with E-state index in [-0.39, 0.29) is 20.1 Å². The van der Waals surface area contributed by atoms with Crippen molar-refractivity contribution in [2.24, 2.45) is 0 Å². The van der Waals surface area contributed by atoms with Gasteiger partial charge in [0.1, 0.15) is 0 Å². The zero-order chi connectivity index (χ0) is 29.5. The fraction of sp³-hybridized carbons (Fsp3) is 0.179. The maximum atomic E-state index is 4.41. The van der Waals surface area contributed by atoms with E-state index < -0.39 is 0 Å². The Labute approximate surface area is 273 Å². The van der Waals surface area contributed by atoms with Crippen molar-refractivity contribution in [2.45, 2.75) is 40.5 Å². The average molecular weight is 752 g/mol. The van der Waals surface area contributed by atoms with Gasteiger partial charge in [-0.05, 0) is 67.4 Å². The first-order valence-corrected chi connectivity index (χ1v) is 15.1. The maximum Gasteiger partial charge on any atom is 3.00 e. The van der Waals surface area contributed by atoms with Crippen LogP contribution in [0.4, 0.5) is 5.69 Å². The van der Waals surface area contributed by atoms with Crippen LogP contribution in [0.1, 0.15) is 36.5 Å². The summed E-state index contributed by atoms with van der Waals surface area (Å²) in [7, 11) is 0. The van der Waals surface area contributed by atoms with Crippen molar-refractivity contribution in [1.29, 1.82) is 0 Å². The summed E-state index contributed by atoms with van der Waals surface area (Å²) in [4.78, 5) is 8.88. The topological polar surface area (TPSA) is 23.8 Å². The molecule has 5 heteroatoms. The van der Waals surface area contributed by atoms with Crippen LogP contribution in [0.5, 0.6) is 0 Å². The van der Waals surface area contributed by atoms with Crippen molar-refractivity contribution in [3.8, 4) is 11.3 Å². The van der Waals surface area contributed by atoms with Crippen LogP contribution in [0.2, 0.25) is 0 Å². The first kappa shape index (κ1) is 29.9. The number of hydrogen-bond acceptors (Lipinski definition) is 3. The van der Waals surface area contributed by atoms with E-state index in [1.54, 1.807) is 0 Å². The predicted octanol–water partition coefficient (Wildman–Crippen LogP) is 9.62. The summed E-state index contributed by atoms with van der Waals surface area (Å²) in [6.45, 7) is 11.7. The van der Waals surface area contributed by atoms with Crippen LogP contribution >= 0.6 is 0 Å². The summed E-state index contributed by atoms with van der Waals surface area (Å²) in [6.07, 6.45) is 8.62. The summed E-state index contributed by atoms with van der Waals surface area (Å²) in [5.74, 6) is 0. The van der Waals surface area contributed by atoms with Gasteiger partial charge in [-0.3, -0.25) is 0 Å². The van der Waals surface area contributed by atoms with Gasteiger partial charge in [-0.2, -0.15) is 24.9 Å². The van der Waals surface area contributed by atoms with E-state index in [1.165, 1.54) is 67.6 Å². The van der Waals surface area contributed by atoms with E-state index in [0.29, 0.717) is 0 Å². The Morgan fingerprint density at radius 1 is 0.795 bits per heavy atom. The molecule has 1 aliphatic heterocycles. The number of nitrogens with zero attached hydrogens (tertiary/aromatic N) is 4. The number of aromatic nitrogens is 2. The average Bonchev–Trinajstić information content (AvgIpc) is 3.74. The molecule has 0 fully saturated rings. The van der Waals surface area contributed by atoms with Crippen molar-refractivity contribution in [3.05, 3.63) is 133 Å². The molecule has 7 aromatic rings. The second-order valence-corrected chi connectivity index (χ2v) is 11.5. The molecule has 1 aliphatic rings. The number of rotatable bonds is 5. The molecule has 0 radical (unpaired) electrons. The van der Waals surface area contributed by atoms with Crippen LogP contribution in [-0.2, 0) is 20.1 Å². The van der Waals surface area contributed by atoms with E-state index >= 15 is 0 Å². The molecule has 0 amide bonds. The van der Waals surface area contributed by atoms with E-state index in [4.69, 9.17) is 0 Å². The molecule has 0 saturated heterocycles. The molecule has 0 aliphatic carbocycles. The first-order valence-electron chi connectivity index (χ1n) is 15.1. The van der Waals surface area contributed by atoms with E-state index in [1.807, 2.05) is 12.3 Å². The molecule has 44 heavy (non-hydrogen) atoms. The number of anilines is 1. The minimum absolute atomic E-state index is 0. The van der Waals surface area contributed by atoms with Crippen LogP contribution in [0.25, 0.3) is 49.4 Å². The number of pyridine rings is 1. The molecule has 0 bridgehead atoms. The predicted molar refractivity (Wildman–Crippen MR) is 180 cm³/mol. The van der Waals surface area contributed by atoms with E-state index in [2.05, 4.69) is 151 Å². The Balaban J connectivity index is 0.000000183. The van der Waals surface area contributed by atoms with Crippen molar-refractivity contribution >= 4 is 43.8 Å². The van der Waals surface area contributed by atoms with Crippen LogP contribution in [0, 0.1) is 39.6 Å². The summed E-state index contributed by atoms with van der Waals surface area (Å²) in [5, 5.41) is 5.23. The monoisotopic (exact) mass is 752 g/mol. The maximum absolute atomic E-state index is 4.41. The van der Waals surface area contributed by atoms with Crippen LogP contribution in [0.15, 0.2) is 97.5 Å². The minimum atomic E-state index is 0. The first-order chi connectivity index (χ1) is 21.0. The fourth-order valence-electron chi connectivity index (χ4n) is 6.02. The van der Waals surface area contributed by atoms with Crippen LogP contribution < -0.4 is 4.90 Å². The zero-order valence-corrected chi connectivity index (χ0v) is 28.0. The second kappa shape index (κ2) is 12.4. The third-order valence-electron chi connectivity index (χ3n) is 8.49. The molecule has 0 N–H and O–H groups in total. The van der Waals surface area contributed by atoms with E-state index in [9.17, 15) is 0 Å². The Kier molecular flexibility index (Phi) is 8.44. The van der Waals surface area contributed by atoms with Gasteiger partial charge in [-0.1, -0.05) is 74.0 Å². The molecule has 220 valence electrons. The SMILES string of the molecule is CCCCN1C=CN(c2[c-]ccc3c4cccc5c6ccccc6n(c23)c54)[CH-]1.Cc1c[c-]c(-c2cc(C)c(C)cn2)cc1.[Ir+3]. The molecule has 3 aromatic heterocycles. The molecule has 4 heterocycles. The van der Waals surface area contributed by atoms with Gasteiger partial charge in [0.05, 0.1) is 0 Å². The van der Waals surface area contributed by atoms with Gasteiger partial charge in [0.2, 0.25) is 0 Å². The summed E-state index contributed by atoms with van der Waals surface area (Å²) in [5.41, 5.74) is 10.7. The molecule has 0 spiro atoms. The van der Waals surface area contributed by atoms with Gasteiger partial charge < -0.3 is 19.2 Å². The molecule has 0 unspecified atom stereocenters. The van der Waals surface area contributed by atoms with Gasteiger partial charge in [0.25, 0.3) is 0 Å². The largest absolute Gasteiger partial charge is 3.00 e. The Morgan fingerprint density at radius 3 is 2.34 bits per heavy atom. The van der Waals surface area contributed by atoms with Gasteiger partial charge in [-0.25, -0.2) is 0 Å². The molecule has 8 rings (SSSR count). The molecule has 0 atom stereocenters. The van der Waals surface area contributed by atoms with Gasteiger partial charge >= 0.3 is 20.1 Å². The molecule has 4 nitrogen and oxygen atoms in total. The zero-order valence-electron chi connectivity index (χ0n) is 25.6. The fourth-order valence-corrected chi connectivity index (χ4v) is 6.02. The number of aryl methyl sites for hydroxylation is 3. The molecule has 0 saturated carbocycles. The summed E-state index contributed by atoms with van der Waals surface area (Å²) >= 11 is 0. The van der Waals surface area contributed by atoms with Gasteiger partial charge in [-0.15, -0.1) is 40.8 Å². The number of hydrogen-bond donors (Lipinski definition) is 0. The smallest absolute Gasteiger partial charge is 0.508 e. The number of para-hydroxylation sites is 2. The van der Waals surface area contributed by atoms with Crippen molar-refractivity contribution in [3.63, 3.8) is 0 Å². The Morgan fingerprint density at radius 2 is 1.57 bits per heavy atom.